The second kappa shape index (κ2) is 5.61. The van der Waals surface area contributed by atoms with E-state index in [1.165, 1.54) is 6.07 Å². The summed E-state index contributed by atoms with van der Waals surface area (Å²) in [6, 6.07) is 4.47. The van der Waals surface area contributed by atoms with Crippen molar-refractivity contribution in [3.05, 3.63) is 39.2 Å². The van der Waals surface area contributed by atoms with Gasteiger partial charge in [0, 0.05) is 16.6 Å². The maximum atomic E-state index is 11.2. The van der Waals surface area contributed by atoms with E-state index in [9.17, 15) is 10.1 Å². The van der Waals surface area contributed by atoms with Crippen molar-refractivity contribution in [2.45, 2.75) is 32.2 Å². The fourth-order valence-corrected chi connectivity index (χ4v) is 2.47. The fourth-order valence-electron chi connectivity index (χ4n) is 2.13. The van der Waals surface area contributed by atoms with E-state index in [1.807, 2.05) is 20.8 Å². The maximum Gasteiger partial charge on any atom is 0.281 e. The first-order valence-corrected chi connectivity index (χ1v) is 7.12. The van der Waals surface area contributed by atoms with Gasteiger partial charge in [-0.2, -0.15) is 0 Å². The molecule has 2 aromatic rings. The molecule has 0 atom stereocenters. The van der Waals surface area contributed by atoms with Crippen molar-refractivity contribution < 1.29 is 4.92 Å². The fraction of sp³-hybridized carbons (Fsp3) is 0.385. The Kier molecular flexibility index (Phi) is 4.20. The summed E-state index contributed by atoms with van der Waals surface area (Å²) in [5.74, 6) is 1.14. The van der Waals surface area contributed by atoms with E-state index >= 15 is 0 Å². The Bertz CT molecular complexity index is 692. The maximum absolute atomic E-state index is 11.2. The lowest BCUT2D eigenvalue weighted by Crippen LogP contribution is -2.25. The molecule has 0 saturated heterocycles. The molecule has 0 saturated carbocycles. The van der Waals surface area contributed by atoms with E-state index < -0.39 is 4.92 Å². The smallest absolute Gasteiger partial charge is 0.281 e. The molecule has 0 aliphatic rings. The van der Waals surface area contributed by atoms with Crippen molar-refractivity contribution in [3.8, 4) is 11.4 Å². The number of hydrogen-bond donors (Lipinski definition) is 0. The molecule has 0 aliphatic carbocycles. The average Bonchev–Trinajstić information content (AvgIpc) is 2.82. The zero-order chi connectivity index (χ0) is 15.8. The number of halogens is 2. The molecule has 0 radical (unpaired) electrons. The molecule has 0 N–H and O–H groups in total. The van der Waals surface area contributed by atoms with E-state index in [0.29, 0.717) is 22.2 Å². The number of rotatable bonds is 3. The molecule has 0 bridgehead atoms. The number of alkyl halides is 1. The molecule has 6 nitrogen and oxygen atoms in total. The molecular weight excluding hydrogens is 315 g/mol. The molecule has 112 valence electrons. The first-order valence-electron chi connectivity index (χ1n) is 6.20. The number of nitro benzene ring substituents is 1. The Morgan fingerprint density at radius 2 is 2.00 bits per heavy atom. The highest BCUT2D eigenvalue weighted by Gasteiger charge is 2.27. The Morgan fingerprint density at radius 1 is 1.33 bits per heavy atom. The van der Waals surface area contributed by atoms with E-state index in [-0.39, 0.29) is 17.1 Å². The van der Waals surface area contributed by atoms with E-state index in [4.69, 9.17) is 23.2 Å². The zero-order valence-corrected chi connectivity index (χ0v) is 13.3. The number of nitrogens with zero attached hydrogens (tertiary/aromatic N) is 4. The van der Waals surface area contributed by atoms with Gasteiger partial charge in [-0.15, -0.1) is 21.8 Å². The molecule has 0 fully saturated rings. The largest absolute Gasteiger partial charge is 0.304 e. The molecule has 0 spiro atoms. The third-order valence-electron chi connectivity index (χ3n) is 2.92. The lowest BCUT2D eigenvalue weighted by atomic mass is 10.1. The van der Waals surface area contributed by atoms with Crippen LogP contribution in [0, 0.1) is 10.1 Å². The van der Waals surface area contributed by atoms with Gasteiger partial charge in [-0.3, -0.25) is 10.1 Å². The molecule has 0 unspecified atom stereocenters. The predicted molar refractivity (Wildman–Crippen MR) is 81.7 cm³/mol. The van der Waals surface area contributed by atoms with Crippen molar-refractivity contribution in [3.63, 3.8) is 0 Å². The Hall–Kier alpha value is -1.66. The standard InChI is InChI=1S/C13H14Cl2N4O2/c1-13(2,3)18-11(7-14)16-17-12(18)9-5-4-8(15)6-10(9)19(20)21/h4-6H,7H2,1-3H3. The summed E-state index contributed by atoms with van der Waals surface area (Å²) in [6.45, 7) is 5.87. The Morgan fingerprint density at radius 3 is 2.52 bits per heavy atom. The van der Waals surface area contributed by atoms with E-state index in [0.717, 1.165) is 0 Å². The molecular formula is C13H14Cl2N4O2. The van der Waals surface area contributed by atoms with Crippen LogP contribution in [0.15, 0.2) is 18.2 Å². The molecule has 1 aromatic heterocycles. The molecule has 1 heterocycles. The number of nitro groups is 1. The van der Waals surface area contributed by atoms with Gasteiger partial charge in [0.2, 0.25) is 0 Å². The van der Waals surface area contributed by atoms with Crippen LogP contribution in [0.3, 0.4) is 0 Å². The first-order chi connectivity index (χ1) is 9.75. The predicted octanol–water partition coefficient (Wildman–Crippen LogP) is 4.00. The van der Waals surface area contributed by atoms with Crippen LogP contribution in [-0.2, 0) is 11.4 Å². The molecule has 8 heteroatoms. The van der Waals surface area contributed by atoms with Gasteiger partial charge in [0.15, 0.2) is 5.82 Å². The van der Waals surface area contributed by atoms with Gasteiger partial charge in [-0.25, -0.2) is 0 Å². The summed E-state index contributed by atoms with van der Waals surface area (Å²) in [5.41, 5.74) is -0.110. The highest BCUT2D eigenvalue weighted by molar-refractivity contribution is 6.30. The van der Waals surface area contributed by atoms with Crippen LogP contribution >= 0.6 is 23.2 Å². The minimum atomic E-state index is -0.483. The van der Waals surface area contributed by atoms with Crippen LogP contribution in [0.5, 0.6) is 0 Å². The average molecular weight is 329 g/mol. The molecule has 0 aliphatic heterocycles. The Balaban J connectivity index is 2.74. The summed E-state index contributed by atoms with van der Waals surface area (Å²) < 4.78 is 1.80. The van der Waals surface area contributed by atoms with Crippen LogP contribution in [-0.4, -0.2) is 19.7 Å². The molecule has 2 rings (SSSR count). The normalized spacial score (nSPS) is 11.7. The van der Waals surface area contributed by atoms with Crippen LogP contribution < -0.4 is 0 Å². The zero-order valence-electron chi connectivity index (χ0n) is 11.8. The van der Waals surface area contributed by atoms with E-state index in [2.05, 4.69) is 10.2 Å². The van der Waals surface area contributed by atoms with Crippen molar-refractivity contribution in [2.24, 2.45) is 0 Å². The van der Waals surface area contributed by atoms with Crippen LogP contribution in [0.1, 0.15) is 26.6 Å². The summed E-state index contributed by atoms with van der Waals surface area (Å²) in [4.78, 5) is 10.8. The number of benzene rings is 1. The molecule has 1 aromatic carbocycles. The second-order valence-corrected chi connectivity index (χ2v) is 6.20. The van der Waals surface area contributed by atoms with Crippen molar-refractivity contribution in [1.82, 2.24) is 14.8 Å². The third-order valence-corrected chi connectivity index (χ3v) is 3.39. The highest BCUT2D eigenvalue weighted by atomic mass is 35.5. The van der Waals surface area contributed by atoms with Gasteiger partial charge in [0.1, 0.15) is 5.82 Å². The van der Waals surface area contributed by atoms with Crippen molar-refractivity contribution >= 4 is 28.9 Å². The summed E-state index contributed by atoms with van der Waals surface area (Å²) in [7, 11) is 0. The van der Waals surface area contributed by atoms with Crippen LogP contribution in [0.2, 0.25) is 5.02 Å². The van der Waals surface area contributed by atoms with Gasteiger partial charge in [0.05, 0.1) is 16.4 Å². The Labute approximate surface area is 131 Å². The van der Waals surface area contributed by atoms with Crippen LogP contribution in [0.25, 0.3) is 11.4 Å². The summed E-state index contributed by atoms with van der Waals surface area (Å²) in [5, 5.41) is 19.6. The van der Waals surface area contributed by atoms with Crippen molar-refractivity contribution in [2.75, 3.05) is 0 Å². The SMILES string of the molecule is CC(C)(C)n1c(CCl)nnc1-c1ccc(Cl)cc1[N+](=O)[O-]. The highest BCUT2D eigenvalue weighted by Crippen LogP contribution is 2.34. The number of aromatic nitrogens is 3. The summed E-state index contributed by atoms with van der Waals surface area (Å²) >= 11 is 11.7. The second-order valence-electron chi connectivity index (χ2n) is 5.50. The van der Waals surface area contributed by atoms with Gasteiger partial charge in [-0.05, 0) is 32.9 Å². The lowest BCUT2D eigenvalue weighted by Gasteiger charge is -2.24. The summed E-state index contributed by atoms with van der Waals surface area (Å²) in [6.07, 6.45) is 0. The van der Waals surface area contributed by atoms with Crippen LogP contribution in [0.4, 0.5) is 5.69 Å². The molecule has 0 amide bonds. The number of hydrogen-bond acceptors (Lipinski definition) is 4. The first kappa shape index (κ1) is 15.7. The topological polar surface area (TPSA) is 73.8 Å². The van der Waals surface area contributed by atoms with Gasteiger partial charge in [-0.1, -0.05) is 11.6 Å². The van der Waals surface area contributed by atoms with Gasteiger partial charge >= 0.3 is 0 Å². The van der Waals surface area contributed by atoms with Crippen molar-refractivity contribution in [1.29, 1.82) is 0 Å². The minimum Gasteiger partial charge on any atom is -0.304 e. The minimum absolute atomic E-state index is 0.110. The van der Waals surface area contributed by atoms with E-state index in [1.54, 1.807) is 16.7 Å². The van der Waals surface area contributed by atoms with Gasteiger partial charge < -0.3 is 4.57 Å². The quantitative estimate of drug-likeness (QED) is 0.485. The van der Waals surface area contributed by atoms with Gasteiger partial charge in [0.25, 0.3) is 5.69 Å². The molecule has 21 heavy (non-hydrogen) atoms. The third kappa shape index (κ3) is 3.01. The monoisotopic (exact) mass is 328 g/mol. The lowest BCUT2D eigenvalue weighted by molar-refractivity contribution is -0.384.